The molecule has 1 heterocycles. The minimum absolute atomic E-state index is 0.199. The molecule has 1 N–H and O–H groups in total. The predicted octanol–water partition coefficient (Wildman–Crippen LogP) is 4.31. The van der Waals surface area contributed by atoms with Crippen molar-refractivity contribution in [1.82, 2.24) is 0 Å². The summed E-state index contributed by atoms with van der Waals surface area (Å²) in [6.07, 6.45) is 0.575. The zero-order valence-electron chi connectivity index (χ0n) is 16.3. The minimum Gasteiger partial charge on any atom is -0.322 e. The van der Waals surface area contributed by atoms with Crippen LogP contribution in [0.3, 0.4) is 0 Å². The Morgan fingerprint density at radius 1 is 0.931 bits per heavy atom. The molecule has 0 aliphatic carbocycles. The molecule has 0 radical (unpaired) electrons. The second kappa shape index (κ2) is 7.37. The third-order valence-electron chi connectivity index (χ3n) is 5.25. The number of nitrogens with one attached hydrogen (secondary N) is 1. The predicted molar refractivity (Wildman–Crippen MR) is 115 cm³/mol. The average Bonchev–Trinajstić information content (AvgIpc) is 3.15. The van der Waals surface area contributed by atoms with Crippen molar-refractivity contribution in [3.05, 3.63) is 89.0 Å². The van der Waals surface area contributed by atoms with Crippen LogP contribution in [0.25, 0.3) is 0 Å². The number of nitrogens with zero attached hydrogens (tertiary/aromatic N) is 1. The smallest absolute Gasteiger partial charge is 0.264 e. The fraction of sp³-hybridized carbons (Fsp3) is 0.174. The third kappa shape index (κ3) is 3.51. The molecular formula is C23H22N2O3S. The van der Waals surface area contributed by atoms with Crippen LogP contribution in [0.5, 0.6) is 0 Å². The van der Waals surface area contributed by atoms with Crippen LogP contribution in [0.4, 0.5) is 11.4 Å². The van der Waals surface area contributed by atoms with Gasteiger partial charge < -0.3 is 5.32 Å². The Morgan fingerprint density at radius 2 is 1.62 bits per heavy atom. The summed E-state index contributed by atoms with van der Waals surface area (Å²) in [6, 6.07) is 19.5. The van der Waals surface area contributed by atoms with Crippen LogP contribution >= 0.6 is 0 Å². The maximum absolute atomic E-state index is 13.0. The average molecular weight is 407 g/mol. The Kier molecular flexibility index (Phi) is 4.88. The number of anilines is 2. The monoisotopic (exact) mass is 406 g/mol. The van der Waals surface area contributed by atoms with E-state index < -0.39 is 10.0 Å². The molecule has 148 valence electrons. The van der Waals surface area contributed by atoms with Crippen LogP contribution < -0.4 is 9.62 Å². The second-order valence-corrected chi connectivity index (χ2v) is 9.07. The molecule has 3 aromatic carbocycles. The summed E-state index contributed by atoms with van der Waals surface area (Å²) < 4.78 is 27.4. The lowest BCUT2D eigenvalue weighted by molar-refractivity contribution is 0.102. The molecule has 1 aliphatic rings. The summed E-state index contributed by atoms with van der Waals surface area (Å²) in [5, 5.41) is 2.98. The summed E-state index contributed by atoms with van der Waals surface area (Å²) in [5.41, 5.74) is 4.83. The molecule has 0 saturated heterocycles. The molecule has 1 aliphatic heterocycles. The zero-order chi connectivity index (χ0) is 20.6. The molecule has 5 nitrogen and oxygen atoms in total. The van der Waals surface area contributed by atoms with E-state index in [1.165, 1.54) is 4.31 Å². The molecule has 3 aromatic rings. The van der Waals surface area contributed by atoms with Crippen molar-refractivity contribution >= 4 is 27.3 Å². The van der Waals surface area contributed by atoms with Crippen LogP contribution in [0.2, 0.25) is 0 Å². The van der Waals surface area contributed by atoms with Crippen LogP contribution in [-0.4, -0.2) is 20.9 Å². The number of benzene rings is 3. The number of carbonyl (C=O) groups is 1. The summed E-state index contributed by atoms with van der Waals surface area (Å²) in [5.74, 6) is -0.199. The molecular weight excluding hydrogens is 384 g/mol. The van der Waals surface area contributed by atoms with E-state index in [2.05, 4.69) is 5.32 Å². The van der Waals surface area contributed by atoms with E-state index in [1.807, 2.05) is 32.0 Å². The topological polar surface area (TPSA) is 66.5 Å². The summed E-state index contributed by atoms with van der Waals surface area (Å²) in [7, 11) is -3.61. The molecule has 0 saturated carbocycles. The number of sulfonamides is 1. The molecule has 4 rings (SSSR count). The van der Waals surface area contributed by atoms with Gasteiger partial charge in [-0.05, 0) is 67.3 Å². The molecule has 0 spiro atoms. The highest BCUT2D eigenvalue weighted by atomic mass is 32.2. The fourth-order valence-electron chi connectivity index (χ4n) is 3.68. The summed E-state index contributed by atoms with van der Waals surface area (Å²) in [6.45, 7) is 4.28. The lowest BCUT2D eigenvalue weighted by atomic mass is 10.1. The van der Waals surface area contributed by atoms with E-state index in [9.17, 15) is 13.2 Å². The number of hydrogen-bond acceptors (Lipinski definition) is 3. The normalized spacial score (nSPS) is 13.2. The van der Waals surface area contributed by atoms with Crippen molar-refractivity contribution in [2.24, 2.45) is 0 Å². The highest BCUT2D eigenvalue weighted by molar-refractivity contribution is 7.92. The van der Waals surface area contributed by atoms with Crippen molar-refractivity contribution in [3.8, 4) is 0 Å². The Labute approximate surface area is 171 Å². The number of para-hydroxylation sites is 1. The van der Waals surface area contributed by atoms with E-state index in [0.29, 0.717) is 24.2 Å². The largest absolute Gasteiger partial charge is 0.322 e. The van der Waals surface area contributed by atoms with Crippen molar-refractivity contribution in [3.63, 3.8) is 0 Å². The van der Waals surface area contributed by atoms with Gasteiger partial charge in [0.05, 0.1) is 10.6 Å². The number of rotatable bonds is 4. The van der Waals surface area contributed by atoms with Gasteiger partial charge in [0.2, 0.25) is 0 Å². The van der Waals surface area contributed by atoms with Gasteiger partial charge in [-0.2, -0.15) is 0 Å². The first-order chi connectivity index (χ1) is 13.9. The number of carbonyl (C=O) groups excluding carboxylic acids is 1. The van der Waals surface area contributed by atoms with E-state index in [1.54, 1.807) is 48.5 Å². The Morgan fingerprint density at radius 3 is 2.31 bits per heavy atom. The molecule has 1 amide bonds. The van der Waals surface area contributed by atoms with Crippen LogP contribution in [-0.2, 0) is 16.4 Å². The number of hydrogen-bond donors (Lipinski definition) is 1. The molecule has 0 bridgehead atoms. The lowest BCUT2D eigenvalue weighted by Crippen LogP contribution is -2.29. The van der Waals surface area contributed by atoms with E-state index in [-0.39, 0.29) is 10.8 Å². The minimum atomic E-state index is -3.61. The Hall–Kier alpha value is -3.12. The molecule has 0 unspecified atom stereocenters. The van der Waals surface area contributed by atoms with E-state index >= 15 is 0 Å². The van der Waals surface area contributed by atoms with Gasteiger partial charge in [-0.1, -0.05) is 36.4 Å². The maximum atomic E-state index is 13.0. The van der Waals surface area contributed by atoms with Crippen molar-refractivity contribution in [1.29, 1.82) is 0 Å². The van der Waals surface area contributed by atoms with Crippen molar-refractivity contribution in [2.45, 2.75) is 25.2 Å². The van der Waals surface area contributed by atoms with Gasteiger partial charge in [-0.25, -0.2) is 8.42 Å². The van der Waals surface area contributed by atoms with Gasteiger partial charge in [0, 0.05) is 17.8 Å². The first-order valence-electron chi connectivity index (χ1n) is 9.46. The van der Waals surface area contributed by atoms with Crippen molar-refractivity contribution < 1.29 is 13.2 Å². The molecule has 0 aromatic heterocycles. The molecule has 0 atom stereocenters. The first-order valence-corrected chi connectivity index (χ1v) is 10.9. The van der Waals surface area contributed by atoms with Gasteiger partial charge in [-0.15, -0.1) is 0 Å². The maximum Gasteiger partial charge on any atom is 0.264 e. The van der Waals surface area contributed by atoms with Gasteiger partial charge in [0.15, 0.2) is 0 Å². The zero-order valence-corrected chi connectivity index (χ0v) is 17.2. The number of amides is 1. The van der Waals surface area contributed by atoms with Crippen LogP contribution in [0.15, 0.2) is 71.6 Å². The highest BCUT2D eigenvalue weighted by Crippen LogP contribution is 2.34. The molecule has 29 heavy (non-hydrogen) atoms. The van der Waals surface area contributed by atoms with Gasteiger partial charge in [0.25, 0.3) is 15.9 Å². The lowest BCUT2D eigenvalue weighted by Gasteiger charge is -2.19. The summed E-state index contributed by atoms with van der Waals surface area (Å²) >= 11 is 0. The number of aryl methyl sites for hydroxylation is 2. The van der Waals surface area contributed by atoms with Gasteiger partial charge in [0.1, 0.15) is 0 Å². The third-order valence-corrected chi connectivity index (χ3v) is 7.07. The number of fused-ring (bicyclic) bond motifs is 1. The summed E-state index contributed by atoms with van der Waals surface area (Å²) in [4.78, 5) is 13.0. The van der Waals surface area contributed by atoms with Crippen LogP contribution in [0.1, 0.15) is 27.0 Å². The SMILES string of the molecule is Cc1cccc(C)c1NC(=O)c1ccc2c(c1)CCN2S(=O)(=O)c1ccccc1. The quantitative estimate of drug-likeness (QED) is 0.702. The fourth-order valence-corrected chi connectivity index (χ4v) is 5.20. The van der Waals surface area contributed by atoms with Gasteiger partial charge >= 0.3 is 0 Å². The standard InChI is InChI=1S/C23H22N2O3S/c1-16-7-6-8-17(2)22(16)24-23(26)19-11-12-21-18(15-19)13-14-25(21)29(27,28)20-9-4-3-5-10-20/h3-12,15H,13-14H2,1-2H3,(H,24,26). The highest BCUT2D eigenvalue weighted by Gasteiger charge is 2.31. The van der Waals surface area contributed by atoms with Gasteiger partial charge in [-0.3, -0.25) is 9.10 Å². The van der Waals surface area contributed by atoms with Crippen LogP contribution in [0, 0.1) is 13.8 Å². The first kappa shape index (κ1) is 19.2. The molecule has 6 heteroatoms. The van der Waals surface area contributed by atoms with Crippen molar-refractivity contribution in [2.75, 3.05) is 16.2 Å². The Balaban J connectivity index is 1.61. The molecule has 0 fully saturated rings. The van der Waals surface area contributed by atoms with E-state index in [0.717, 1.165) is 22.4 Å². The second-order valence-electron chi connectivity index (χ2n) is 7.20. The van der Waals surface area contributed by atoms with E-state index in [4.69, 9.17) is 0 Å². The Bertz CT molecular complexity index is 1170.